The summed E-state index contributed by atoms with van der Waals surface area (Å²) in [6.07, 6.45) is 8.94. The van der Waals surface area contributed by atoms with Gasteiger partial charge in [-0.15, -0.1) is 0 Å². The quantitative estimate of drug-likeness (QED) is 0.660. The molecule has 1 aliphatic rings. The second kappa shape index (κ2) is 8.13. The summed E-state index contributed by atoms with van der Waals surface area (Å²) in [7, 11) is 0. The van der Waals surface area contributed by atoms with Crippen molar-refractivity contribution >= 4 is 16.8 Å². The SMILES string of the molecule is CCn1ncc(-c2cc(C(=O)NC3CCCCCC3)c3ccccc3n2)c1C. The molecular weight excluding hydrogens is 348 g/mol. The van der Waals surface area contributed by atoms with E-state index in [-0.39, 0.29) is 11.9 Å². The monoisotopic (exact) mass is 376 g/mol. The van der Waals surface area contributed by atoms with Crippen LogP contribution in [-0.4, -0.2) is 26.7 Å². The second-order valence-electron chi connectivity index (χ2n) is 7.69. The molecule has 0 aliphatic heterocycles. The van der Waals surface area contributed by atoms with Crippen molar-refractivity contribution < 1.29 is 4.79 Å². The van der Waals surface area contributed by atoms with Gasteiger partial charge in [-0.3, -0.25) is 9.48 Å². The molecule has 1 amide bonds. The van der Waals surface area contributed by atoms with Gasteiger partial charge >= 0.3 is 0 Å². The van der Waals surface area contributed by atoms with Crippen LogP contribution >= 0.6 is 0 Å². The van der Waals surface area contributed by atoms with E-state index in [0.717, 1.165) is 47.2 Å². The highest BCUT2D eigenvalue weighted by atomic mass is 16.1. The van der Waals surface area contributed by atoms with Crippen LogP contribution in [-0.2, 0) is 6.54 Å². The lowest BCUT2D eigenvalue weighted by atomic mass is 10.0. The third-order valence-electron chi connectivity index (χ3n) is 5.83. The molecule has 0 atom stereocenters. The average Bonchev–Trinajstić information content (AvgIpc) is 2.90. The summed E-state index contributed by atoms with van der Waals surface area (Å²) in [5.41, 5.74) is 4.40. The fraction of sp³-hybridized carbons (Fsp3) is 0.435. The number of fused-ring (bicyclic) bond motifs is 1. The number of hydrogen-bond acceptors (Lipinski definition) is 3. The maximum Gasteiger partial charge on any atom is 0.252 e. The standard InChI is InChI=1S/C23H28N4O/c1-3-27-16(2)20(15-24-27)22-14-19(18-12-8-9-13-21(18)26-22)23(28)25-17-10-6-4-5-7-11-17/h8-9,12-15,17H,3-7,10-11H2,1-2H3,(H,25,28). The van der Waals surface area contributed by atoms with Crippen LogP contribution in [0.25, 0.3) is 22.2 Å². The first-order valence-electron chi connectivity index (χ1n) is 10.4. The molecule has 4 rings (SSSR count). The summed E-state index contributed by atoms with van der Waals surface area (Å²) in [5.74, 6) is 0.00675. The first kappa shape index (κ1) is 18.7. The van der Waals surface area contributed by atoms with Gasteiger partial charge in [-0.1, -0.05) is 43.9 Å². The molecule has 0 bridgehead atoms. The van der Waals surface area contributed by atoms with Gasteiger partial charge in [-0.05, 0) is 38.8 Å². The number of carbonyl (C=O) groups excluding carboxylic acids is 1. The minimum Gasteiger partial charge on any atom is -0.349 e. The fourth-order valence-electron chi connectivity index (χ4n) is 4.20. The summed E-state index contributed by atoms with van der Waals surface area (Å²) in [5, 5.41) is 8.64. The average molecular weight is 377 g/mol. The van der Waals surface area contributed by atoms with Crippen molar-refractivity contribution in [2.45, 2.75) is 65.0 Å². The smallest absolute Gasteiger partial charge is 0.252 e. The summed E-state index contributed by atoms with van der Waals surface area (Å²) in [6.45, 7) is 4.94. The molecule has 1 fully saturated rings. The van der Waals surface area contributed by atoms with Crippen LogP contribution in [0.5, 0.6) is 0 Å². The molecule has 1 saturated carbocycles. The van der Waals surface area contributed by atoms with Crippen molar-refractivity contribution in [3.05, 3.63) is 47.8 Å². The summed E-state index contributed by atoms with van der Waals surface area (Å²) < 4.78 is 1.96. The molecule has 1 aromatic carbocycles. The predicted octanol–water partition coefficient (Wildman–Crippen LogP) is 4.88. The molecular formula is C23H28N4O. The minimum atomic E-state index is 0.00675. The minimum absolute atomic E-state index is 0.00675. The molecule has 2 heterocycles. The zero-order valence-corrected chi connectivity index (χ0v) is 16.7. The lowest BCUT2D eigenvalue weighted by Gasteiger charge is -2.17. The molecule has 28 heavy (non-hydrogen) atoms. The van der Waals surface area contributed by atoms with E-state index in [2.05, 4.69) is 17.3 Å². The highest BCUT2D eigenvalue weighted by Crippen LogP contribution is 2.27. The highest BCUT2D eigenvalue weighted by Gasteiger charge is 2.20. The van der Waals surface area contributed by atoms with Crippen molar-refractivity contribution in [3.63, 3.8) is 0 Å². The number of pyridine rings is 1. The Hall–Kier alpha value is -2.69. The van der Waals surface area contributed by atoms with Crippen LogP contribution in [0.1, 0.15) is 61.5 Å². The lowest BCUT2D eigenvalue weighted by Crippen LogP contribution is -2.34. The van der Waals surface area contributed by atoms with Crippen LogP contribution in [0.2, 0.25) is 0 Å². The molecule has 146 valence electrons. The predicted molar refractivity (Wildman–Crippen MR) is 112 cm³/mol. The van der Waals surface area contributed by atoms with Gasteiger partial charge < -0.3 is 5.32 Å². The molecule has 1 N–H and O–H groups in total. The van der Waals surface area contributed by atoms with Crippen LogP contribution in [0.3, 0.4) is 0 Å². The zero-order chi connectivity index (χ0) is 19.5. The van der Waals surface area contributed by atoms with E-state index >= 15 is 0 Å². The van der Waals surface area contributed by atoms with Crippen molar-refractivity contribution in [2.75, 3.05) is 0 Å². The summed E-state index contributed by atoms with van der Waals surface area (Å²) >= 11 is 0. The number of amides is 1. The topological polar surface area (TPSA) is 59.8 Å². The Labute approximate surface area is 166 Å². The highest BCUT2D eigenvalue weighted by molar-refractivity contribution is 6.07. The number of carbonyl (C=O) groups is 1. The largest absolute Gasteiger partial charge is 0.349 e. The van der Waals surface area contributed by atoms with Gasteiger partial charge in [-0.25, -0.2) is 4.98 Å². The number of rotatable bonds is 4. The Bertz CT molecular complexity index is 983. The molecule has 2 aromatic heterocycles. The number of nitrogens with one attached hydrogen (secondary N) is 1. The van der Waals surface area contributed by atoms with E-state index in [4.69, 9.17) is 4.98 Å². The Morgan fingerprint density at radius 2 is 1.93 bits per heavy atom. The Balaban J connectivity index is 1.73. The molecule has 3 aromatic rings. The van der Waals surface area contributed by atoms with Gasteiger partial charge in [0.05, 0.1) is 23.0 Å². The van der Waals surface area contributed by atoms with E-state index in [1.165, 1.54) is 25.7 Å². The van der Waals surface area contributed by atoms with Crippen LogP contribution in [0, 0.1) is 6.92 Å². The Morgan fingerprint density at radius 1 is 1.18 bits per heavy atom. The van der Waals surface area contributed by atoms with E-state index < -0.39 is 0 Å². The third-order valence-corrected chi connectivity index (χ3v) is 5.83. The fourth-order valence-corrected chi connectivity index (χ4v) is 4.20. The number of benzene rings is 1. The lowest BCUT2D eigenvalue weighted by molar-refractivity contribution is 0.0935. The van der Waals surface area contributed by atoms with Gasteiger partial charge in [0.15, 0.2) is 0 Å². The Kier molecular flexibility index (Phi) is 5.42. The van der Waals surface area contributed by atoms with Gasteiger partial charge in [0.2, 0.25) is 0 Å². The van der Waals surface area contributed by atoms with Crippen LogP contribution < -0.4 is 5.32 Å². The first-order chi connectivity index (χ1) is 13.7. The van der Waals surface area contributed by atoms with Crippen molar-refractivity contribution in [1.29, 1.82) is 0 Å². The second-order valence-corrected chi connectivity index (χ2v) is 7.69. The van der Waals surface area contributed by atoms with Crippen molar-refractivity contribution in [1.82, 2.24) is 20.1 Å². The molecule has 0 unspecified atom stereocenters. The van der Waals surface area contributed by atoms with Crippen molar-refractivity contribution in [2.24, 2.45) is 0 Å². The number of nitrogens with zero attached hydrogens (tertiary/aromatic N) is 3. The number of para-hydroxylation sites is 1. The molecule has 1 aliphatic carbocycles. The normalized spacial score (nSPS) is 15.5. The van der Waals surface area contributed by atoms with E-state index in [0.29, 0.717) is 5.56 Å². The van der Waals surface area contributed by atoms with Crippen LogP contribution in [0.15, 0.2) is 36.5 Å². The first-order valence-corrected chi connectivity index (χ1v) is 10.4. The molecule has 5 nitrogen and oxygen atoms in total. The maximum atomic E-state index is 13.2. The number of hydrogen-bond donors (Lipinski definition) is 1. The molecule has 0 saturated heterocycles. The maximum absolute atomic E-state index is 13.2. The van der Waals surface area contributed by atoms with E-state index in [1.54, 1.807) is 0 Å². The third kappa shape index (κ3) is 3.66. The van der Waals surface area contributed by atoms with Crippen molar-refractivity contribution in [3.8, 4) is 11.3 Å². The number of aryl methyl sites for hydroxylation is 1. The van der Waals surface area contributed by atoms with Crippen LogP contribution in [0.4, 0.5) is 0 Å². The zero-order valence-electron chi connectivity index (χ0n) is 16.7. The van der Waals surface area contributed by atoms with Gasteiger partial charge in [0.25, 0.3) is 5.91 Å². The molecule has 0 radical (unpaired) electrons. The molecule has 0 spiro atoms. The van der Waals surface area contributed by atoms with E-state index in [1.807, 2.05) is 48.1 Å². The summed E-state index contributed by atoms with van der Waals surface area (Å²) in [6, 6.07) is 10.1. The number of aromatic nitrogens is 3. The van der Waals surface area contributed by atoms with Gasteiger partial charge in [0.1, 0.15) is 0 Å². The van der Waals surface area contributed by atoms with Gasteiger partial charge in [0, 0.05) is 29.2 Å². The summed E-state index contributed by atoms with van der Waals surface area (Å²) in [4.78, 5) is 18.0. The Morgan fingerprint density at radius 3 is 2.64 bits per heavy atom. The van der Waals surface area contributed by atoms with E-state index in [9.17, 15) is 4.79 Å². The van der Waals surface area contributed by atoms with Gasteiger partial charge in [-0.2, -0.15) is 5.10 Å². The molecule has 5 heteroatoms.